The van der Waals surface area contributed by atoms with Crippen LogP contribution in [-0.2, 0) is 0 Å². The summed E-state index contributed by atoms with van der Waals surface area (Å²) < 4.78 is 4.88. The summed E-state index contributed by atoms with van der Waals surface area (Å²) in [6.45, 7) is 0. The Bertz CT molecular complexity index is 3350. The van der Waals surface area contributed by atoms with Crippen molar-refractivity contribution < 1.29 is 0 Å². The molecule has 0 atom stereocenters. The van der Waals surface area contributed by atoms with Crippen molar-refractivity contribution in [1.29, 1.82) is 0 Å². The van der Waals surface area contributed by atoms with Gasteiger partial charge >= 0.3 is 0 Å². The Morgan fingerprint density at radius 2 is 0.887 bits per heavy atom. The van der Waals surface area contributed by atoms with Gasteiger partial charge < -0.3 is 9.13 Å². The van der Waals surface area contributed by atoms with Gasteiger partial charge in [0.1, 0.15) is 0 Å². The largest absolute Gasteiger partial charge is 0.309 e. The molecule has 1 aliphatic carbocycles. The second-order valence-electron chi connectivity index (χ2n) is 16.8. The Balaban J connectivity index is 1.02. The number of para-hydroxylation sites is 3. The number of hydrogen-bond donors (Lipinski definition) is 0. The van der Waals surface area contributed by atoms with Crippen molar-refractivity contribution in [2.75, 3.05) is 0 Å². The Kier molecular flexibility index (Phi) is 8.88. The first kappa shape index (κ1) is 36.3. The zero-order valence-electron chi connectivity index (χ0n) is 34.5. The molecule has 0 saturated heterocycles. The summed E-state index contributed by atoms with van der Waals surface area (Å²) >= 11 is 0. The third-order valence-corrected chi connectivity index (χ3v) is 13.1. The smallest absolute Gasteiger partial charge is 0.0900 e. The van der Waals surface area contributed by atoms with E-state index in [1.54, 1.807) is 0 Å². The van der Waals surface area contributed by atoms with Gasteiger partial charge in [0.25, 0.3) is 0 Å². The Hall–Kier alpha value is -7.56. The van der Waals surface area contributed by atoms with Crippen molar-refractivity contribution >= 4 is 43.6 Å². The van der Waals surface area contributed by atoms with E-state index in [1.165, 1.54) is 86.8 Å². The fraction of sp³-hybridized carbons (Fsp3) is 0.103. The molecule has 296 valence electrons. The van der Waals surface area contributed by atoms with Gasteiger partial charge in [-0.2, -0.15) is 0 Å². The van der Waals surface area contributed by atoms with Gasteiger partial charge in [0.2, 0.25) is 0 Å². The molecule has 4 aromatic heterocycles. The van der Waals surface area contributed by atoms with E-state index in [-0.39, 0.29) is 0 Å². The lowest BCUT2D eigenvalue weighted by Gasteiger charge is -2.23. The van der Waals surface area contributed by atoms with Gasteiger partial charge in [0.05, 0.1) is 44.8 Å². The maximum atomic E-state index is 5.45. The van der Waals surface area contributed by atoms with Crippen molar-refractivity contribution in [3.8, 4) is 56.4 Å². The van der Waals surface area contributed by atoms with E-state index in [0.29, 0.717) is 5.92 Å². The van der Waals surface area contributed by atoms with Gasteiger partial charge in [0, 0.05) is 44.0 Å². The third-order valence-electron chi connectivity index (χ3n) is 13.1. The number of hydrogen-bond acceptors (Lipinski definition) is 2. The van der Waals surface area contributed by atoms with Crippen LogP contribution in [0, 0.1) is 0 Å². The average Bonchev–Trinajstić information content (AvgIpc) is 3.88. The molecule has 0 amide bonds. The van der Waals surface area contributed by atoms with E-state index in [2.05, 4.69) is 209 Å². The lowest BCUT2D eigenvalue weighted by atomic mass is 9.83. The molecule has 4 heteroatoms. The Morgan fingerprint density at radius 1 is 0.355 bits per heavy atom. The summed E-state index contributed by atoms with van der Waals surface area (Å²) in [4.78, 5) is 10.8. The van der Waals surface area contributed by atoms with Crippen molar-refractivity contribution in [2.24, 2.45) is 0 Å². The summed E-state index contributed by atoms with van der Waals surface area (Å²) in [5.74, 6) is 0.510. The molecule has 1 aliphatic rings. The van der Waals surface area contributed by atoms with E-state index >= 15 is 0 Å². The molecule has 0 aliphatic heterocycles. The fourth-order valence-corrected chi connectivity index (χ4v) is 10.1. The topological polar surface area (TPSA) is 35.6 Å². The molecule has 4 heterocycles. The summed E-state index contributed by atoms with van der Waals surface area (Å²) in [6.07, 6.45) is 6.26. The summed E-state index contributed by atoms with van der Waals surface area (Å²) in [5.41, 5.74) is 16.7. The van der Waals surface area contributed by atoms with Crippen LogP contribution in [0.4, 0.5) is 0 Å². The summed E-state index contributed by atoms with van der Waals surface area (Å²) in [7, 11) is 0. The van der Waals surface area contributed by atoms with E-state index < -0.39 is 0 Å². The molecule has 0 radical (unpaired) electrons. The van der Waals surface area contributed by atoms with Crippen molar-refractivity contribution in [1.82, 2.24) is 19.1 Å². The Labute approximate surface area is 361 Å². The van der Waals surface area contributed by atoms with Crippen LogP contribution in [0.25, 0.3) is 100 Å². The van der Waals surface area contributed by atoms with Gasteiger partial charge in [-0.25, -0.2) is 9.97 Å². The number of benzene rings is 7. The van der Waals surface area contributed by atoms with Gasteiger partial charge in [-0.05, 0) is 102 Å². The number of rotatable bonds is 7. The molecule has 4 nitrogen and oxygen atoms in total. The van der Waals surface area contributed by atoms with E-state index in [9.17, 15) is 0 Å². The molecule has 0 spiro atoms. The molecule has 1 fully saturated rings. The molecular formula is C58H44N4. The lowest BCUT2D eigenvalue weighted by Crippen LogP contribution is -2.06. The highest BCUT2D eigenvalue weighted by Gasteiger charge is 2.22. The van der Waals surface area contributed by atoms with Crippen LogP contribution in [0.15, 0.2) is 200 Å². The number of aromatic nitrogens is 4. The quantitative estimate of drug-likeness (QED) is 0.161. The minimum Gasteiger partial charge on any atom is -0.309 e. The third kappa shape index (κ3) is 6.21. The maximum Gasteiger partial charge on any atom is 0.0900 e. The minimum absolute atomic E-state index is 0.510. The van der Waals surface area contributed by atoms with Crippen LogP contribution in [0.1, 0.15) is 43.6 Å². The highest BCUT2D eigenvalue weighted by molar-refractivity contribution is 6.26. The van der Waals surface area contributed by atoms with Crippen LogP contribution in [0.3, 0.4) is 0 Å². The van der Waals surface area contributed by atoms with Gasteiger partial charge in [-0.1, -0.05) is 153 Å². The normalized spacial score (nSPS) is 13.4. The number of pyridine rings is 2. The second kappa shape index (κ2) is 15.2. The first-order valence-corrected chi connectivity index (χ1v) is 22.0. The van der Waals surface area contributed by atoms with Gasteiger partial charge in [-0.15, -0.1) is 0 Å². The number of fused-ring (bicyclic) bond motifs is 7. The van der Waals surface area contributed by atoms with E-state index in [1.807, 2.05) is 0 Å². The molecule has 7 aromatic carbocycles. The van der Waals surface area contributed by atoms with Gasteiger partial charge in [0.15, 0.2) is 0 Å². The maximum absolute atomic E-state index is 5.45. The fourth-order valence-electron chi connectivity index (χ4n) is 10.1. The predicted molar refractivity (Wildman–Crippen MR) is 258 cm³/mol. The molecule has 11 aromatic rings. The SMILES string of the molecule is c1ccc(-c2cc(-c3ccccc3)nc(-c3cc(C4CCCCC4)cc(-c4ccc(-n5c6ccccc6c6c5ccc5c7ccccc7n(-c7ccccc7)c56)cc4)n3)c2)cc1. The molecule has 1 saturated carbocycles. The van der Waals surface area contributed by atoms with Crippen LogP contribution in [-0.4, -0.2) is 19.1 Å². The predicted octanol–water partition coefficient (Wildman–Crippen LogP) is 15.4. The molecule has 0 bridgehead atoms. The van der Waals surface area contributed by atoms with Crippen molar-refractivity contribution in [2.45, 2.75) is 38.0 Å². The molecular weight excluding hydrogens is 753 g/mol. The molecule has 12 rings (SSSR count). The zero-order chi connectivity index (χ0) is 41.0. The highest BCUT2D eigenvalue weighted by Crippen LogP contribution is 2.43. The molecule has 62 heavy (non-hydrogen) atoms. The standard InChI is InChI=1S/C58H44N4/c1-5-17-39(18-6-1)43-35-50(41-21-9-3-10-22-41)59-52(37-43)53-38-44(40-19-7-2-8-20-40)36-51(60-53)42-29-31-46(32-30-42)61-55-28-16-14-26-49(55)57-56(61)34-33-48-47-25-13-15-27-54(47)62(58(48)57)45-23-11-4-12-24-45/h1,3-6,9-18,21-38,40H,2,7-8,19-20H2. The van der Waals surface area contributed by atoms with Gasteiger partial charge in [-0.3, -0.25) is 0 Å². The van der Waals surface area contributed by atoms with Crippen LogP contribution >= 0.6 is 0 Å². The number of nitrogens with zero attached hydrogens (tertiary/aromatic N) is 4. The van der Waals surface area contributed by atoms with Crippen molar-refractivity contribution in [3.63, 3.8) is 0 Å². The van der Waals surface area contributed by atoms with Crippen LogP contribution in [0.2, 0.25) is 0 Å². The first-order valence-electron chi connectivity index (χ1n) is 22.0. The summed E-state index contributed by atoms with van der Waals surface area (Å²) in [5, 5.41) is 5.02. The van der Waals surface area contributed by atoms with Crippen molar-refractivity contribution in [3.05, 3.63) is 206 Å². The lowest BCUT2D eigenvalue weighted by molar-refractivity contribution is 0.443. The molecule has 0 N–H and O–H groups in total. The molecule has 0 unspecified atom stereocenters. The monoisotopic (exact) mass is 796 g/mol. The first-order chi connectivity index (χ1) is 30.7. The summed E-state index contributed by atoms with van der Waals surface area (Å²) in [6, 6.07) is 72.4. The minimum atomic E-state index is 0.510. The zero-order valence-corrected chi connectivity index (χ0v) is 34.5. The second-order valence-corrected chi connectivity index (χ2v) is 16.8. The highest BCUT2D eigenvalue weighted by atomic mass is 15.0. The van der Waals surface area contributed by atoms with Crippen LogP contribution < -0.4 is 0 Å². The van der Waals surface area contributed by atoms with Crippen LogP contribution in [0.5, 0.6) is 0 Å². The Morgan fingerprint density at radius 3 is 1.61 bits per heavy atom. The average molecular weight is 797 g/mol. The van der Waals surface area contributed by atoms with E-state index in [4.69, 9.17) is 9.97 Å². The van der Waals surface area contributed by atoms with E-state index in [0.717, 1.165) is 50.8 Å².